The van der Waals surface area contributed by atoms with Crippen LogP contribution in [0.1, 0.15) is 27.9 Å². The van der Waals surface area contributed by atoms with Gasteiger partial charge in [0.1, 0.15) is 6.04 Å². The minimum absolute atomic E-state index is 0.00139. The molecule has 2 aromatic rings. The zero-order valence-corrected chi connectivity index (χ0v) is 12.6. The highest BCUT2D eigenvalue weighted by Gasteiger charge is 2.29. The van der Waals surface area contributed by atoms with Crippen LogP contribution in [0.5, 0.6) is 0 Å². The first kappa shape index (κ1) is 14.3. The zero-order valence-electron chi connectivity index (χ0n) is 12.6. The number of Topliss-reactive ketones (excluding diaryl/α,β-unsaturated/α-hetero) is 1. The molecular weight excluding hydrogens is 276 g/mol. The normalized spacial score (nSPS) is 16.6. The second kappa shape index (κ2) is 5.64. The number of hydrogen-bond acceptors (Lipinski definition) is 3. The van der Waals surface area contributed by atoms with Gasteiger partial charge in [0, 0.05) is 23.4 Å². The van der Waals surface area contributed by atoms with Crippen molar-refractivity contribution in [2.75, 3.05) is 10.6 Å². The Morgan fingerprint density at radius 2 is 1.77 bits per heavy atom. The van der Waals surface area contributed by atoms with Crippen LogP contribution in [0.2, 0.25) is 0 Å². The molecule has 4 nitrogen and oxygen atoms in total. The third kappa shape index (κ3) is 2.86. The van der Waals surface area contributed by atoms with Gasteiger partial charge >= 0.3 is 0 Å². The molecule has 0 saturated carbocycles. The molecule has 0 aromatic heterocycles. The molecule has 2 N–H and O–H groups in total. The first-order valence-corrected chi connectivity index (χ1v) is 7.31. The molecule has 1 atom stereocenters. The number of amides is 1. The summed E-state index contributed by atoms with van der Waals surface area (Å²) in [6.45, 7) is 3.94. The van der Waals surface area contributed by atoms with Gasteiger partial charge in [0.15, 0.2) is 5.78 Å². The van der Waals surface area contributed by atoms with Gasteiger partial charge < -0.3 is 10.6 Å². The molecule has 0 aliphatic carbocycles. The number of anilines is 2. The molecule has 3 rings (SSSR count). The third-order valence-corrected chi connectivity index (χ3v) is 3.83. The van der Waals surface area contributed by atoms with Crippen molar-refractivity contribution in [3.63, 3.8) is 0 Å². The van der Waals surface area contributed by atoms with Crippen molar-refractivity contribution in [2.24, 2.45) is 0 Å². The fraction of sp³-hybridized carbons (Fsp3) is 0.222. The summed E-state index contributed by atoms with van der Waals surface area (Å²) in [7, 11) is 0. The molecule has 112 valence electrons. The number of ketones is 1. The molecule has 0 fully saturated rings. The van der Waals surface area contributed by atoms with Crippen molar-refractivity contribution < 1.29 is 9.59 Å². The molecular formula is C18H18N2O2. The summed E-state index contributed by atoms with van der Waals surface area (Å²) in [6, 6.07) is 12.7. The van der Waals surface area contributed by atoms with Gasteiger partial charge in [0.05, 0.1) is 0 Å². The molecule has 0 spiro atoms. The Balaban J connectivity index is 1.76. The molecule has 1 aliphatic heterocycles. The summed E-state index contributed by atoms with van der Waals surface area (Å²) in [5.74, 6) is -0.190. The number of hydrogen-bond donors (Lipinski definition) is 2. The van der Waals surface area contributed by atoms with Gasteiger partial charge in [0.25, 0.3) is 0 Å². The van der Waals surface area contributed by atoms with Gasteiger partial charge in [-0.05, 0) is 38.1 Å². The Morgan fingerprint density at radius 3 is 2.50 bits per heavy atom. The van der Waals surface area contributed by atoms with Crippen LogP contribution in [0, 0.1) is 13.8 Å². The van der Waals surface area contributed by atoms with E-state index in [0.717, 1.165) is 22.5 Å². The quantitative estimate of drug-likeness (QED) is 0.893. The molecule has 0 radical (unpaired) electrons. The maximum Gasteiger partial charge on any atom is 0.247 e. The van der Waals surface area contributed by atoms with Crippen LogP contribution in [0.4, 0.5) is 11.4 Å². The number of benzene rings is 2. The van der Waals surface area contributed by atoms with Gasteiger partial charge in [-0.1, -0.05) is 29.3 Å². The first-order valence-electron chi connectivity index (χ1n) is 7.31. The average molecular weight is 294 g/mol. The summed E-state index contributed by atoms with van der Waals surface area (Å²) >= 11 is 0. The Labute approximate surface area is 129 Å². The molecule has 1 heterocycles. The minimum atomic E-state index is -0.538. The highest BCUT2D eigenvalue weighted by molar-refractivity contribution is 6.09. The van der Waals surface area contributed by atoms with Crippen LogP contribution < -0.4 is 10.6 Å². The largest absolute Gasteiger partial charge is 0.373 e. The predicted octanol–water partition coefficient (Wildman–Crippen LogP) is 3.31. The van der Waals surface area contributed by atoms with E-state index in [4.69, 9.17) is 0 Å². The van der Waals surface area contributed by atoms with Crippen molar-refractivity contribution in [1.29, 1.82) is 0 Å². The second-order valence-corrected chi connectivity index (χ2v) is 5.73. The van der Waals surface area contributed by atoms with Gasteiger partial charge in [0.2, 0.25) is 5.91 Å². The van der Waals surface area contributed by atoms with Crippen molar-refractivity contribution in [1.82, 2.24) is 0 Å². The molecule has 0 saturated heterocycles. The Hall–Kier alpha value is -2.62. The van der Waals surface area contributed by atoms with Crippen LogP contribution in [-0.2, 0) is 4.79 Å². The number of aryl methyl sites for hydroxylation is 2. The lowest BCUT2D eigenvalue weighted by Gasteiger charge is -2.25. The van der Waals surface area contributed by atoms with Crippen molar-refractivity contribution >= 4 is 23.1 Å². The number of carbonyl (C=O) groups is 2. The highest BCUT2D eigenvalue weighted by Crippen LogP contribution is 2.26. The monoisotopic (exact) mass is 294 g/mol. The molecule has 4 heteroatoms. The molecule has 1 amide bonds. The van der Waals surface area contributed by atoms with Crippen molar-refractivity contribution in [3.8, 4) is 0 Å². The number of rotatable bonds is 2. The number of carbonyl (C=O) groups excluding carboxylic acids is 2. The van der Waals surface area contributed by atoms with E-state index in [1.165, 1.54) is 0 Å². The maximum atomic E-state index is 12.3. The van der Waals surface area contributed by atoms with E-state index in [1.807, 2.05) is 56.3 Å². The van der Waals surface area contributed by atoms with E-state index in [1.54, 1.807) is 0 Å². The van der Waals surface area contributed by atoms with E-state index in [9.17, 15) is 9.59 Å². The van der Waals surface area contributed by atoms with Gasteiger partial charge in [-0.25, -0.2) is 0 Å². The standard InChI is InChI=1S/C18H18N2O2/c1-11-3-6-13(7-4-11)19-18(22)16-10-17(21)14-9-12(2)5-8-15(14)20-16/h3-9,16,20H,10H2,1-2H3,(H,19,22)/t16-/m0/s1. The first-order chi connectivity index (χ1) is 10.5. The maximum absolute atomic E-state index is 12.3. The Bertz CT molecular complexity index is 735. The minimum Gasteiger partial charge on any atom is -0.373 e. The third-order valence-electron chi connectivity index (χ3n) is 3.83. The van der Waals surface area contributed by atoms with Crippen LogP contribution in [-0.4, -0.2) is 17.7 Å². The molecule has 0 bridgehead atoms. The molecule has 0 unspecified atom stereocenters. The van der Waals surface area contributed by atoms with Gasteiger partial charge in [-0.3, -0.25) is 9.59 Å². The van der Waals surface area contributed by atoms with Gasteiger partial charge in [-0.15, -0.1) is 0 Å². The topological polar surface area (TPSA) is 58.2 Å². The van der Waals surface area contributed by atoms with E-state index >= 15 is 0 Å². The van der Waals surface area contributed by atoms with E-state index < -0.39 is 6.04 Å². The van der Waals surface area contributed by atoms with Crippen LogP contribution in [0.25, 0.3) is 0 Å². The fourth-order valence-corrected chi connectivity index (χ4v) is 2.57. The summed E-state index contributed by atoms with van der Waals surface area (Å²) in [5.41, 5.74) is 4.30. The zero-order chi connectivity index (χ0) is 15.7. The predicted molar refractivity (Wildman–Crippen MR) is 87.3 cm³/mol. The van der Waals surface area contributed by atoms with E-state index in [0.29, 0.717) is 5.56 Å². The van der Waals surface area contributed by atoms with Crippen molar-refractivity contribution in [3.05, 3.63) is 59.2 Å². The van der Waals surface area contributed by atoms with Crippen molar-refractivity contribution in [2.45, 2.75) is 26.3 Å². The molecule has 22 heavy (non-hydrogen) atoms. The average Bonchev–Trinajstić information content (AvgIpc) is 2.50. The molecule has 1 aliphatic rings. The van der Waals surface area contributed by atoms with Crippen LogP contribution in [0.3, 0.4) is 0 Å². The number of fused-ring (bicyclic) bond motifs is 1. The fourth-order valence-electron chi connectivity index (χ4n) is 2.57. The second-order valence-electron chi connectivity index (χ2n) is 5.73. The summed E-state index contributed by atoms with van der Waals surface area (Å²) < 4.78 is 0. The highest BCUT2D eigenvalue weighted by atomic mass is 16.2. The van der Waals surface area contributed by atoms with Crippen LogP contribution >= 0.6 is 0 Å². The summed E-state index contributed by atoms with van der Waals surface area (Å²) in [6.07, 6.45) is 0.175. The Kier molecular flexibility index (Phi) is 3.67. The van der Waals surface area contributed by atoms with E-state index in [2.05, 4.69) is 10.6 Å². The smallest absolute Gasteiger partial charge is 0.247 e. The SMILES string of the molecule is Cc1ccc(NC(=O)[C@@H]2CC(=O)c3cc(C)ccc3N2)cc1. The molecule has 2 aromatic carbocycles. The summed E-state index contributed by atoms with van der Waals surface area (Å²) in [5, 5.41) is 6.00. The lowest BCUT2D eigenvalue weighted by Crippen LogP contribution is -2.39. The Morgan fingerprint density at radius 1 is 1.09 bits per heavy atom. The lowest BCUT2D eigenvalue weighted by molar-refractivity contribution is -0.116. The van der Waals surface area contributed by atoms with E-state index in [-0.39, 0.29) is 18.1 Å². The lowest BCUT2D eigenvalue weighted by atomic mass is 9.95. The summed E-state index contributed by atoms with van der Waals surface area (Å²) in [4.78, 5) is 24.6. The van der Waals surface area contributed by atoms with Crippen LogP contribution in [0.15, 0.2) is 42.5 Å². The number of nitrogens with one attached hydrogen (secondary N) is 2. The van der Waals surface area contributed by atoms with Gasteiger partial charge in [-0.2, -0.15) is 0 Å².